The number of hydrogen-bond acceptors (Lipinski definition) is 3. The van der Waals surface area contributed by atoms with E-state index in [1.165, 1.54) is 6.08 Å². The average molecular weight is 452 g/mol. The number of rotatable bonds is 6. The molecule has 2 N–H and O–H groups in total. The molecule has 0 radical (unpaired) electrons. The zero-order valence-corrected chi connectivity index (χ0v) is 17.2. The third-order valence-corrected chi connectivity index (χ3v) is 5.02. The fourth-order valence-electron chi connectivity index (χ4n) is 3.14. The summed E-state index contributed by atoms with van der Waals surface area (Å²) < 4.78 is 2.48. The molecule has 0 fully saturated rings. The summed E-state index contributed by atoms with van der Waals surface area (Å²) in [5.41, 5.74) is 1.83. The quantitative estimate of drug-likeness (QED) is 0.407. The van der Waals surface area contributed by atoms with E-state index in [-0.39, 0.29) is 5.57 Å². The van der Waals surface area contributed by atoms with Crippen LogP contribution in [0.5, 0.6) is 0 Å². The Morgan fingerprint density at radius 1 is 1.28 bits per heavy atom. The number of anilines is 1. The van der Waals surface area contributed by atoms with Gasteiger partial charge >= 0.3 is 5.97 Å². The first-order valence-corrected chi connectivity index (χ1v) is 9.75. The highest BCUT2D eigenvalue weighted by Crippen LogP contribution is 2.30. The fourth-order valence-corrected chi connectivity index (χ4v) is 3.50. The summed E-state index contributed by atoms with van der Waals surface area (Å²) in [4.78, 5) is 24.2. The summed E-state index contributed by atoms with van der Waals surface area (Å²) >= 11 is 3.42. The lowest BCUT2D eigenvalue weighted by molar-refractivity contribution is -0.140. The normalized spacial score (nSPS) is 12.4. The van der Waals surface area contributed by atoms with Gasteiger partial charge < -0.3 is 15.0 Å². The van der Waals surface area contributed by atoms with Crippen molar-refractivity contribution in [3.05, 3.63) is 70.3 Å². The van der Waals surface area contributed by atoms with Crippen LogP contribution in [0.1, 0.15) is 24.9 Å². The van der Waals surface area contributed by atoms with E-state index < -0.39 is 17.9 Å². The molecule has 0 saturated carbocycles. The van der Waals surface area contributed by atoms with E-state index in [0.717, 1.165) is 15.4 Å². The van der Waals surface area contributed by atoms with Crippen molar-refractivity contribution in [3.63, 3.8) is 0 Å². The Bertz CT molecular complexity index is 1140. The first-order valence-electron chi connectivity index (χ1n) is 8.95. The number of aliphatic carboxylic acids is 1. The van der Waals surface area contributed by atoms with Crippen LogP contribution in [0.2, 0.25) is 0 Å². The van der Waals surface area contributed by atoms with Crippen LogP contribution in [0.4, 0.5) is 5.69 Å². The highest BCUT2D eigenvalue weighted by Gasteiger charge is 2.21. The molecule has 29 heavy (non-hydrogen) atoms. The summed E-state index contributed by atoms with van der Waals surface area (Å²) in [5, 5.41) is 22.5. The summed E-state index contributed by atoms with van der Waals surface area (Å²) in [6, 6.07) is 15.5. The van der Waals surface area contributed by atoms with Crippen molar-refractivity contribution in [1.82, 2.24) is 4.57 Å². The molecular formula is C22H18BrN3O3. The average Bonchev–Trinajstić information content (AvgIpc) is 3.04. The molecule has 3 rings (SSSR count). The summed E-state index contributed by atoms with van der Waals surface area (Å²) in [7, 11) is 0. The maximum absolute atomic E-state index is 12.5. The lowest BCUT2D eigenvalue weighted by Crippen LogP contribution is -2.17. The van der Waals surface area contributed by atoms with Crippen LogP contribution < -0.4 is 5.32 Å². The number of carboxylic acids is 1. The Hall–Kier alpha value is -3.37. The van der Waals surface area contributed by atoms with Crippen molar-refractivity contribution < 1.29 is 14.7 Å². The standard InChI is InChI=1S/C22H18BrN3O3/c1-2-19(22(28)29)26-13-15(18-11-16(23)8-9-20(18)26)10-14(12-24)21(27)25-17-6-4-3-5-7-17/h3-11,13,19H,2H2,1H3,(H,25,27)(H,28,29). The molecule has 1 aromatic heterocycles. The van der Waals surface area contributed by atoms with Crippen LogP contribution in [0.3, 0.4) is 0 Å². The van der Waals surface area contributed by atoms with Crippen molar-refractivity contribution >= 4 is 50.5 Å². The fraction of sp³-hybridized carbons (Fsp3) is 0.136. The van der Waals surface area contributed by atoms with E-state index in [2.05, 4.69) is 21.2 Å². The van der Waals surface area contributed by atoms with E-state index >= 15 is 0 Å². The van der Waals surface area contributed by atoms with Crippen LogP contribution in [-0.4, -0.2) is 21.6 Å². The predicted molar refractivity (Wildman–Crippen MR) is 115 cm³/mol. The number of fused-ring (bicyclic) bond motifs is 1. The van der Waals surface area contributed by atoms with Gasteiger partial charge in [-0.1, -0.05) is 41.1 Å². The van der Waals surface area contributed by atoms with Crippen LogP contribution >= 0.6 is 15.9 Å². The second-order valence-corrected chi connectivity index (χ2v) is 7.32. The lowest BCUT2D eigenvalue weighted by atomic mass is 10.1. The molecule has 7 heteroatoms. The number of carbonyl (C=O) groups excluding carboxylic acids is 1. The van der Waals surface area contributed by atoms with Gasteiger partial charge in [-0.05, 0) is 42.8 Å². The van der Waals surface area contributed by atoms with Gasteiger partial charge in [0.1, 0.15) is 17.7 Å². The molecule has 0 bridgehead atoms. The molecule has 2 aromatic carbocycles. The first-order chi connectivity index (χ1) is 13.9. The monoisotopic (exact) mass is 451 g/mol. The maximum Gasteiger partial charge on any atom is 0.326 e. The van der Waals surface area contributed by atoms with Crippen molar-refractivity contribution in [1.29, 1.82) is 5.26 Å². The van der Waals surface area contributed by atoms with Gasteiger partial charge in [0, 0.05) is 32.8 Å². The number of benzene rings is 2. The van der Waals surface area contributed by atoms with Crippen LogP contribution in [-0.2, 0) is 9.59 Å². The third-order valence-electron chi connectivity index (χ3n) is 4.53. The van der Waals surface area contributed by atoms with Crippen molar-refractivity contribution in [2.45, 2.75) is 19.4 Å². The predicted octanol–water partition coefficient (Wildman–Crippen LogP) is 4.99. The van der Waals surface area contributed by atoms with Gasteiger partial charge in [-0.25, -0.2) is 4.79 Å². The molecule has 0 aliphatic carbocycles. The molecular weight excluding hydrogens is 434 g/mol. The minimum absolute atomic E-state index is 0.0729. The number of hydrogen-bond donors (Lipinski definition) is 2. The number of halogens is 1. The zero-order valence-electron chi connectivity index (χ0n) is 15.6. The molecule has 3 aromatic rings. The molecule has 1 unspecified atom stereocenters. The van der Waals surface area contributed by atoms with E-state index in [9.17, 15) is 20.0 Å². The Morgan fingerprint density at radius 2 is 2.00 bits per heavy atom. The lowest BCUT2D eigenvalue weighted by Gasteiger charge is -2.13. The summed E-state index contributed by atoms with van der Waals surface area (Å²) in [6.45, 7) is 1.80. The third kappa shape index (κ3) is 4.39. The number of carbonyl (C=O) groups is 2. The van der Waals surface area contributed by atoms with Crippen LogP contribution in [0, 0.1) is 11.3 Å². The maximum atomic E-state index is 12.5. The summed E-state index contributed by atoms with van der Waals surface area (Å²) in [5.74, 6) is -1.47. The van der Waals surface area contributed by atoms with Gasteiger partial charge in [0.05, 0.1) is 0 Å². The van der Waals surface area contributed by atoms with Gasteiger partial charge in [-0.15, -0.1) is 0 Å². The Labute approximate surface area is 176 Å². The SMILES string of the molecule is CCC(C(=O)O)n1cc(C=C(C#N)C(=O)Nc2ccccc2)c2cc(Br)ccc21. The van der Waals surface area contributed by atoms with Gasteiger partial charge in [0.25, 0.3) is 5.91 Å². The number of aromatic nitrogens is 1. The Balaban J connectivity index is 2.08. The number of para-hydroxylation sites is 1. The molecule has 1 heterocycles. The molecule has 0 aliphatic heterocycles. The smallest absolute Gasteiger partial charge is 0.326 e. The second kappa shape index (κ2) is 8.76. The van der Waals surface area contributed by atoms with Gasteiger partial charge in [-0.2, -0.15) is 5.26 Å². The van der Waals surface area contributed by atoms with Crippen molar-refractivity contribution in [2.75, 3.05) is 5.32 Å². The van der Waals surface area contributed by atoms with Crippen molar-refractivity contribution in [3.8, 4) is 6.07 Å². The number of nitrogens with one attached hydrogen (secondary N) is 1. The van der Waals surface area contributed by atoms with Crippen LogP contribution in [0.15, 0.2) is 64.8 Å². The minimum atomic E-state index is -0.940. The molecule has 0 saturated heterocycles. The van der Waals surface area contributed by atoms with Gasteiger partial charge in [0.2, 0.25) is 0 Å². The highest BCUT2D eigenvalue weighted by atomic mass is 79.9. The minimum Gasteiger partial charge on any atom is -0.480 e. The molecule has 146 valence electrons. The number of nitriles is 1. The molecule has 1 atom stereocenters. The summed E-state index contributed by atoms with van der Waals surface area (Å²) in [6.07, 6.45) is 3.56. The van der Waals surface area contributed by atoms with E-state index in [1.54, 1.807) is 42.0 Å². The Kier molecular flexibility index (Phi) is 6.15. The Morgan fingerprint density at radius 3 is 2.62 bits per heavy atom. The number of carboxylic acid groups (broad SMARTS) is 1. The largest absolute Gasteiger partial charge is 0.480 e. The van der Waals surface area contributed by atoms with E-state index in [1.807, 2.05) is 30.3 Å². The molecule has 1 amide bonds. The first kappa shape index (κ1) is 20.4. The number of amides is 1. The molecule has 6 nitrogen and oxygen atoms in total. The second-order valence-electron chi connectivity index (χ2n) is 6.41. The molecule has 0 spiro atoms. The van der Waals surface area contributed by atoms with E-state index in [4.69, 9.17) is 0 Å². The van der Waals surface area contributed by atoms with Crippen LogP contribution in [0.25, 0.3) is 17.0 Å². The van der Waals surface area contributed by atoms with Crippen molar-refractivity contribution in [2.24, 2.45) is 0 Å². The number of nitrogens with zero attached hydrogens (tertiary/aromatic N) is 2. The van der Waals surface area contributed by atoms with Gasteiger partial charge in [0.15, 0.2) is 0 Å². The van der Waals surface area contributed by atoms with E-state index in [0.29, 0.717) is 17.7 Å². The molecule has 0 aliphatic rings. The van der Waals surface area contributed by atoms with Gasteiger partial charge in [-0.3, -0.25) is 4.79 Å². The zero-order chi connectivity index (χ0) is 21.0. The topological polar surface area (TPSA) is 95.1 Å². The highest BCUT2D eigenvalue weighted by molar-refractivity contribution is 9.10.